The molecule has 0 aliphatic carbocycles. The van der Waals surface area contributed by atoms with Crippen molar-refractivity contribution in [3.63, 3.8) is 0 Å². The van der Waals surface area contributed by atoms with Gasteiger partial charge in [0.1, 0.15) is 5.76 Å². The summed E-state index contributed by atoms with van der Waals surface area (Å²) < 4.78 is 11.0. The molecule has 3 nitrogen and oxygen atoms in total. The Hall–Kier alpha value is -1.84. The molecule has 0 atom stereocenters. The van der Waals surface area contributed by atoms with Crippen LogP contribution in [0.1, 0.15) is 16.9 Å². The SMILES string of the molecule is CNCc1occc1COC/C=C/c1ccccc1. The molecule has 1 N–H and O–H groups in total. The molecule has 2 rings (SSSR count). The van der Waals surface area contributed by atoms with Gasteiger partial charge < -0.3 is 14.5 Å². The number of ether oxygens (including phenoxy) is 1. The first-order valence-corrected chi connectivity index (χ1v) is 6.39. The van der Waals surface area contributed by atoms with Gasteiger partial charge in [0.05, 0.1) is 26.0 Å². The van der Waals surface area contributed by atoms with Crippen molar-refractivity contribution in [2.24, 2.45) is 0 Å². The van der Waals surface area contributed by atoms with Crippen LogP contribution >= 0.6 is 0 Å². The summed E-state index contributed by atoms with van der Waals surface area (Å²) in [7, 11) is 1.90. The highest BCUT2D eigenvalue weighted by molar-refractivity contribution is 5.48. The van der Waals surface area contributed by atoms with E-state index in [4.69, 9.17) is 9.15 Å². The molecule has 0 saturated heterocycles. The van der Waals surface area contributed by atoms with Gasteiger partial charge in [-0.15, -0.1) is 0 Å². The van der Waals surface area contributed by atoms with Crippen LogP contribution in [-0.2, 0) is 17.9 Å². The van der Waals surface area contributed by atoms with Gasteiger partial charge in [0.15, 0.2) is 0 Å². The minimum absolute atomic E-state index is 0.576. The third kappa shape index (κ3) is 4.39. The summed E-state index contributed by atoms with van der Waals surface area (Å²) in [6.45, 7) is 1.90. The maximum atomic E-state index is 5.61. The Bertz CT molecular complexity index is 502. The van der Waals surface area contributed by atoms with Crippen LogP contribution in [0.3, 0.4) is 0 Å². The van der Waals surface area contributed by atoms with E-state index in [1.54, 1.807) is 6.26 Å². The van der Waals surface area contributed by atoms with Crippen molar-refractivity contribution in [2.45, 2.75) is 13.2 Å². The van der Waals surface area contributed by atoms with Gasteiger partial charge in [0, 0.05) is 5.56 Å². The molecule has 0 bridgehead atoms. The van der Waals surface area contributed by atoms with Gasteiger partial charge in [0.25, 0.3) is 0 Å². The molecule has 0 fully saturated rings. The van der Waals surface area contributed by atoms with E-state index < -0.39 is 0 Å². The Kier molecular flexibility index (Phi) is 5.41. The Labute approximate surface area is 113 Å². The third-order valence-electron chi connectivity index (χ3n) is 2.76. The van der Waals surface area contributed by atoms with E-state index in [1.807, 2.05) is 37.4 Å². The molecule has 0 unspecified atom stereocenters. The molecule has 19 heavy (non-hydrogen) atoms. The van der Waals surface area contributed by atoms with Crippen molar-refractivity contribution in [3.8, 4) is 0 Å². The highest BCUT2D eigenvalue weighted by atomic mass is 16.5. The number of hydrogen-bond donors (Lipinski definition) is 1. The average molecular weight is 257 g/mol. The predicted molar refractivity (Wildman–Crippen MR) is 76.6 cm³/mol. The fourth-order valence-corrected chi connectivity index (χ4v) is 1.80. The zero-order chi connectivity index (χ0) is 13.3. The second kappa shape index (κ2) is 7.56. The van der Waals surface area contributed by atoms with Gasteiger partial charge in [-0.1, -0.05) is 42.5 Å². The van der Waals surface area contributed by atoms with Crippen LogP contribution in [0.15, 0.2) is 53.2 Å². The summed E-state index contributed by atoms with van der Waals surface area (Å²) in [5, 5.41) is 3.07. The van der Waals surface area contributed by atoms with Gasteiger partial charge in [-0.25, -0.2) is 0 Å². The minimum atomic E-state index is 0.576. The normalized spacial score (nSPS) is 11.2. The highest BCUT2D eigenvalue weighted by Crippen LogP contribution is 2.11. The number of nitrogens with one attached hydrogen (secondary N) is 1. The first-order chi connectivity index (χ1) is 9.40. The molecule has 1 heterocycles. The molecule has 0 spiro atoms. The minimum Gasteiger partial charge on any atom is -0.468 e. The van der Waals surface area contributed by atoms with Gasteiger partial charge in [-0.05, 0) is 18.7 Å². The van der Waals surface area contributed by atoms with E-state index in [2.05, 4.69) is 23.5 Å². The van der Waals surface area contributed by atoms with Crippen LogP contribution in [0.5, 0.6) is 0 Å². The standard InChI is InChI=1S/C16H19NO2/c1-17-12-16-15(9-11-19-16)13-18-10-5-8-14-6-3-2-4-7-14/h2-9,11,17H,10,12-13H2,1H3/b8-5+. The van der Waals surface area contributed by atoms with E-state index in [-0.39, 0.29) is 0 Å². The first-order valence-electron chi connectivity index (χ1n) is 6.39. The summed E-state index contributed by atoms with van der Waals surface area (Å²) in [5.41, 5.74) is 2.28. The molecule has 0 aliphatic rings. The largest absolute Gasteiger partial charge is 0.468 e. The first kappa shape index (κ1) is 13.6. The van der Waals surface area contributed by atoms with Crippen LogP contribution < -0.4 is 5.32 Å². The lowest BCUT2D eigenvalue weighted by Gasteiger charge is -2.02. The second-order valence-electron chi connectivity index (χ2n) is 4.23. The topological polar surface area (TPSA) is 34.4 Å². The molecule has 1 aromatic heterocycles. The van der Waals surface area contributed by atoms with Crippen molar-refractivity contribution >= 4 is 6.08 Å². The molecule has 1 aromatic carbocycles. The molecular weight excluding hydrogens is 238 g/mol. The Morgan fingerprint density at radius 2 is 2.05 bits per heavy atom. The smallest absolute Gasteiger partial charge is 0.123 e. The van der Waals surface area contributed by atoms with Gasteiger partial charge in [-0.3, -0.25) is 0 Å². The van der Waals surface area contributed by atoms with Crippen molar-refractivity contribution in [1.29, 1.82) is 0 Å². The lowest BCUT2D eigenvalue weighted by Crippen LogP contribution is -2.06. The van der Waals surface area contributed by atoms with E-state index in [1.165, 1.54) is 5.56 Å². The summed E-state index contributed by atoms with van der Waals surface area (Å²) in [6.07, 6.45) is 5.78. The maximum Gasteiger partial charge on any atom is 0.123 e. The molecule has 100 valence electrons. The second-order valence-corrected chi connectivity index (χ2v) is 4.23. The molecule has 0 aliphatic heterocycles. The number of hydrogen-bond acceptors (Lipinski definition) is 3. The maximum absolute atomic E-state index is 5.61. The van der Waals surface area contributed by atoms with Gasteiger partial charge in [0.2, 0.25) is 0 Å². The van der Waals surface area contributed by atoms with Crippen LogP contribution in [-0.4, -0.2) is 13.7 Å². The molecule has 2 aromatic rings. The fraction of sp³-hybridized carbons (Fsp3) is 0.250. The summed E-state index contributed by atoms with van der Waals surface area (Å²) in [5.74, 6) is 0.939. The fourth-order valence-electron chi connectivity index (χ4n) is 1.80. The van der Waals surface area contributed by atoms with Crippen molar-refractivity contribution in [1.82, 2.24) is 5.32 Å². The zero-order valence-corrected chi connectivity index (χ0v) is 11.1. The molecule has 3 heteroatoms. The van der Waals surface area contributed by atoms with Crippen LogP contribution in [0.2, 0.25) is 0 Å². The Morgan fingerprint density at radius 1 is 1.21 bits per heavy atom. The molecular formula is C16H19NO2. The average Bonchev–Trinajstić information content (AvgIpc) is 2.88. The summed E-state index contributed by atoms with van der Waals surface area (Å²) in [6, 6.07) is 12.1. The number of benzene rings is 1. The Balaban J connectivity index is 1.75. The van der Waals surface area contributed by atoms with Crippen LogP contribution in [0.25, 0.3) is 6.08 Å². The third-order valence-corrected chi connectivity index (χ3v) is 2.76. The van der Waals surface area contributed by atoms with Crippen molar-refractivity contribution < 1.29 is 9.15 Å². The summed E-state index contributed by atoms with van der Waals surface area (Å²) in [4.78, 5) is 0. The van der Waals surface area contributed by atoms with E-state index in [0.29, 0.717) is 13.2 Å². The van der Waals surface area contributed by atoms with Crippen molar-refractivity contribution in [2.75, 3.05) is 13.7 Å². The lowest BCUT2D eigenvalue weighted by atomic mass is 10.2. The van der Waals surface area contributed by atoms with Gasteiger partial charge >= 0.3 is 0 Å². The van der Waals surface area contributed by atoms with E-state index in [0.717, 1.165) is 17.9 Å². The highest BCUT2D eigenvalue weighted by Gasteiger charge is 2.04. The zero-order valence-electron chi connectivity index (χ0n) is 11.1. The molecule has 0 radical (unpaired) electrons. The lowest BCUT2D eigenvalue weighted by molar-refractivity contribution is 0.147. The Morgan fingerprint density at radius 3 is 2.84 bits per heavy atom. The van der Waals surface area contributed by atoms with Crippen molar-refractivity contribution in [3.05, 3.63) is 65.6 Å². The quantitative estimate of drug-likeness (QED) is 0.773. The van der Waals surface area contributed by atoms with Crippen LogP contribution in [0.4, 0.5) is 0 Å². The predicted octanol–water partition coefficient (Wildman–Crippen LogP) is 3.23. The molecule has 0 saturated carbocycles. The van der Waals surface area contributed by atoms with E-state index in [9.17, 15) is 0 Å². The monoisotopic (exact) mass is 257 g/mol. The number of furan rings is 1. The van der Waals surface area contributed by atoms with Gasteiger partial charge in [-0.2, -0.15) is 0 Å². The summed E-state index contributed by atoms with van der Waals surface area (Å²) >= 11 is 0. The van der Waals surface area contributed by atoms with E-state index >= 15 is 0 Å². The number of rotatable bonds is 7. The van der Waals surface area contributed by atoms with Crippen LogP contribution in [0, 0.1) is 0 Å². The molecule has 0 amide bonds.